The molecule has 0 amide bonds. The molecule has 3 fully saturated rings. The van der Waals surface area contributed by atoms with Gasteiger partial charge in [-0.25, -0.2) is 0 Å². The van der Waals surface area contributed by atoms with Crippen LogP contribution in [0.15, 0.2) is 61.1 Å². The first-order valence-corrected chi connectivity index (χ1v) is 14.6. The lowest BCUT2D eigenvalue weighted by Crippen LogP contribution is -2.33. The maximum atomic E-state index is 6.93. The van der Waals surface area contributed by atoms with Gasteiger partial charge in [-0.1, -0.05) is 43.9 Å². The van der Waals surface area contributed by atoms with Gasteiger partial charge in [-0.2, -0.15) is 0 Å². The zero-order chi connectivity index (χ0) is 25.4. The molecule has 6 rings (SSSR count). The maximum absolute atomic E-state index is 6.93. The second-order valence-electron chi connectivity index (χ2n) is 11.0. The summed E-state index contributed by atoms with van der Waals surface area (Å²) in [6.07, 6.45) is 15.4. The summed E-state index contributed by atoms with van der Waals surface area (Å²) in [6.45, 7) is 4.45. The summed E-state index contributed by atoms with van der Waals surface area (Å²) in [6, 6.07) is 15.3. The van der Waals surface area contributed by atoms with Crippen molar-refractivity contribution in [2.75, 3.05) is 22.9 Å². The van der Waals surface area contributed by atoms with Gasteiger partial charge in [0.2, 0.25) is 0 Å². The van der Waals surface area contributed by atoms with Crippen LogP contribution in [0, 0.1) is 5.92 Å². The molecule has 3 aromatic rings. The second-order valence-corrected chi connectivity index (χ2v) is 11.8. The third-order valence-electron chi connectivity index (χ3n) is 8.51. The highest BCUT2D eigenvalue weighted by atomic mass is 35.5. The fourth-order valence-corrected chi connectivity index (χ4v) is 6.98. The highest BCUT2D eigenvalue weighted by Crippen LogP contribution is 2.44. The van der Waals surface area contributed by atoms with E-state index in [1.54, 1.807) is 0 Å². The highest BCUT2D eigenvalue weighted by Gasteiger charge is 2.41. The Morgan fingerprint density at radius 3 is 2.54 bits per heavy atom. The molecule has 4 heterocycles. The van der Waals surface area contributed by atoms with E-state index in [1.165, 1.54) is 50.5 Å². The molecule has 5 nitrogen and oxygen atoms in total. The Morgan fingerprint density at radius 1 is 1.00 bits per heavy atom. The summed E-state index contributed by atoms with van der Waals surface area (Å²) in [5, 5.41) is 5.09. The zero-order valence-electron chi connectivity index (χ0n) is 21.5. The van der Waals surface area contributed by atoms with E-state index in [0.29, 0.717) is 11.2 Å². The van der Waals surface area contributed by atoms with Crippen molar-refractivity contribution < 1.29 is 0 Å². The van der Waals surface area contributed by atoms with Crippen LogP contribution in [0.4, 0.5) is 11.4 Å². The van der Waals surface area contributed by atoms with Crippen molar-refractivity contribution in [2.45, 2.75) is 70.0 Å². The van der Waals surface area contributed by atoms with Gasteiger partial charge in [0.1, 0.15) is 0 Å². The first-order chi connectivity index (χ1) is 18.1. The number of thiocarbonyl (C=S) groups is 1. The number of anilines is 2. The van der Waals surface area contributed by atoms with Crippen LogP contribution in [-0.4, -0.2) is 27.8 Å². The summed E-state index contributed by atoms with van der Waals surface area (Å²) in [5.41, 5.74) is 4.38. The molecular formula is C30H36ClN5S. The Hall–Kier alpha value is -2.57. The van der Waals surface area contributed by atoms with Gasteiger partial charge in [0.15, 0.2) is 5.11 Å². The van der Waals surface area contributed by atoms with E-state index in [9.17, 15) is 0 Å². The molecule has 2 aliphatic heterocycles. The molecule has 0 spiro atoms. The molecule has 1 aromatic carbocycles. The van der Waals surface area contributed by atoms with Crippen LogP contribution in [0.2, 0.25) is 5.02 Å². The number of benzene rings is 1. The third kappa shape index (κ3) is 4.98. The molecule has 1 saturated carbocycles. The predicted molar refractivity (Wildman–Crippen MR) is 157 cm³/mol. The molecule has 0 unspecified atom stereocenters. The lowest BCUT2D eigenvalue weighted by Gasteiger charge is -2.33. The number of piperidine rings is 1. The fourth-order valence-electron chi connectivity index (χ4n) is 6.34. The van der Waals surface area contributed by atoms with Gasteiger partial charge < -0.3 is 19.7 Å². The maximum Gasteiger partial charge on any atom is 0.174 e. The minimum absolute atomic E-state index is 0.00927. The minimum atomic E-state index is -0.0436. The monoisotopic (exact) mass is 533 g/mol. The smallest absolute Gasteiger partial charge is 0.174 e. The van der Waals surface area contributed by atoms with Crippen molar-refractivity contribution in [3.05, 3.63) is 77.3 Å². The second kappa shape index (κ2) is 10.7. The number of nitrogens with one attached hydrogen (secondary N) is 1. The number of nitrogens with zero attached hydrogens (tertiary/aromatic N) is 4. The van der Waals surface area contributed by atoms with Gasteiger partial charge in [-0.3, -0.25) is 4.98 Å². The average molecular weight is 534 g/mol. The Balaban J connectivity index is 1.35. The predicted octanol–water partition coefficient (Wildman–Crippen LogP) is 7.46. The van der Waals surface area contributed by atoms with Gasteiger partial charge in [-0.05, 0) is 85.8 Å². The molecule has 1 N–H and O–H groups in total. The standard InChI is InChI=1S/C30H36ClN5S/c1-21-12-16-34(17-13-21)27-11-10-24(19-25(27)31)36-29(28(33-30(36)37)26-9-5-6-15-32-26)22-14-18-35(20-22)23-7-3-2-4-8-23/h5-6,9-11,14-15,18-21,23,28-29H,2-4,7-8,12-13,16-17H2,1H3,(H,33,37)/t28-,29-/m1/s1. The Bertz CT molecular complexity index is 1230. The van der Waals surface area contributed by atoms with Crippen LogP contribution in [0.5, 0.6) is 0 Å². The summed E-state index contributed by atoms with van der Waals surface area (Å²) in [4.78, 5) is 9.37. The Labute approximate surface area is 230 Å². The molecule has 0 bridgehead atoms. The van der Waals surface area contributed by atoms with E-state index in [0.717, 1.165) is 41.1 Å². The van der Waals surface area contributed by atoms with Crippen LogP contribution >= 0.6 is 23.8 Å². The molecule has 37 heavy (non-hydrogen) atoms. The average Bonchev–Trinajstić information content (AvgIpc) is 3.55. The van der Waals surface area contributed by atoms with Gasteiger partial charge in [0.05, 0.1) is 28.5 Å². The molecule has 2 saturated heterocycles. The van der Waals surface area contributed by atoms with Crippen molar-refractivity contribution in [1.82, 2.24) is 14.9 Å². The summed E-state index contributed by atoms with van der Waals surface area (Å²) in [5.74, 6) is 0.785. The largest absolute Gasteiger partial charge is 0.370 e. The topological polar surface area (TPSA) is 36.3 Å². The van der Waals surface area contributed by atoms with Crippen LogP contribution in [-0.2, 0) is 0 Å². The van der Waals surface area contributed by atoms with E-state index in [4.69, 9.17) is 28.8 Å². The van der Waals surface area contributed by atoms with Crippen LogP contribution in [0.1, 0.15) is 81.3 Å². The van der Waals surface area contributed by atoms with E-state index in [2.05, 4.69) is 69.3 Å². The first-order valence-electron chi connectivity index (χ1n) is 13.8. The molecular weight excluding hydrogens is 498 g/mol. The summed E-state index contributed by atoms with van der Waals surface area (Å²) in [7, 11) is 0. The van der Waals surface area contributed by atoms with Crippen molar-refractivity contribution in [1.29, 1.82) is 0 Å². The molecule has 0 radical (unpaired) electrons. The van der Waals surface area contributed by atoms with Crippen molar-refractivity contribution >= 4 is 40.3 Å². The van der Waals surface area contributed by atoms with E-state index in [-0.39, 0.29) is 12.1 Å². The van der Waals surface area contributed by atoms with E-state index < -0.39 is 0 Å². The van der Waals surface area contributed by atoms with Gasteiger partial charge in [0, 0.05) is 43.4 Å². The van der Waals surface area contributed by atoms with Crippen molar-refractivity contribution in [2.24, 2.45) is 5.92 Å². The SMILES string of the molecule is CC1CCN(c2ccc(N3C(=S)N[C@H](c4ccccn4)[C@H]3c3ccn(C4CCCCC4)c3)cc2Cl)CC1. The van der Waals surface area contributed by atoms with Crippen LogP contribution < -0.4 is 15.1 Å². The van der Waals surface area contributed by atoms with Gasteiger partial charge >= 0.3 is 0 Å². The van der Waals surface area contributed by atoms with Crippen molar-refractivity contribution in [3.63, 3.8) is 0 Å². The molecule has 7 heteroatoms. The molecule has 194 valence electrons. The Kier molecular flexibility index (Phi) is 7.13. The summed E-state index contributed by atoms with van der Waals surface area (Å²) < 4.78 is 2.43. The lowest BCUT2D eigenvalue weighted by atomic mass is 9.95. The third-order valence-corrected chi connectivity index (χ3v) is 9.12. The molecule has 3 aliphatic rings. The van der Waals surface area contributed by atoms with Crippen LogP contribution in [0.3, 0.4) is 0 Å². The quantitative estimate of drug-likeness (QED) is 0.344. The number of aromatic nitrogens is 2. The lowest BCUT2D eigenvalue weighted by molar-refractivity contribution is 0.353. The normalized spacial score (nSPS) is 23.5. The molecule has 1 aliphatic carbocycles. The highest BCUT2D eigenvalue weighted by molar-refractivity contribution is 7.80. The number of halogens is 1. The number of rotatable bonds is 5. The van der Waals surface area contributed by atoms with E-state index >= 15 is 0 Å². The molecule has 2 aromatic heterocycles. The minimum Gasteiger partial charge on any atom is -0.370 e. The number of hydrogen-bond donors (Lipinski definition) is 1. The van der Waals surface area contributed by atoms with Gasteiger partial charge in [-0.15, -0.1) is 0 Å². The van der Waals surface area contributed by atoms with Crippen LogP contribution in [0.25, 0.3) is 0 Å². The zero-order valence-corrected chi connectivity index (χ0v) is 23.1. The first kappa shape index (κ1) is 24.7. The Morgan fingerprint density at radius 2 is 1.81 bits per heavy atom. The van der Waals surface area contributed by atoms with Crippen molar-refractivity contribution in [3.8, 4) is 0 Å². The number of pyridine rings is 1. The van der Waals surface area contributed by atoms with Gasteiger partial charge in [0.25, 0.3) is 0 Å². The number of hydrogen-bond acceptors (Lipinski definition) is 3. The fraction of sp³-hybridized carbons (Fsp3) is 0.467. The summed E-state index contributed by atoms with van der Waals surface area (Å²) >= 11 is 12.9. The van der Waals surface area contributed by atoms with E-state index in [1.807, 2.05) is 18.3 Å². The molecule has 2 atom stereocenters.